The van der Waals surface area contributed by atoms with Crippen LogP contribution in [0.5, 0.6) is 0 Å². The van der Waals surface area contributed by atoms with Crippen LogP contribution >= 0.6 is 0 Å². The van der Waals surface area contributed by atoms with Crippen LogP contribution in [0.4, 0.5) is 5.69 Å². The molecule has 2 fully saturated rings. The quantitative estimate of drug-likeness (QED) is 0.273. The van der Waals surface area contributed by atoms with Gasteiger partial charge in [0.15, 0.2) is 0 Å². The van der Waals surface area contributed by atoms with Gasteiger partial charge in [-0.2, -0.15) is 5.26 Å². The van der Waals surface area contributed by atoms with E-state index < -0.39 is 30.3 Å². The van der Waals surface area contributed by atoms with Crippen LogP contribution in [0.15, 0.2) is 58.5 Å². The van der Waals surface area contributed by atoms with Gasteiger partial charge < -0.3 is 39.6 Å². The summed E-state index contributed by atoms with van der Waals surface area (Å²) in [4.78, 5) is 17.3. The molecule has 4 atom stereocenters. The van der Waals surface area contributed by atoms with E-state index in [1.54, 1.807) is 12.1 Å². The molecule has 3 heterocycles. The third-order valence-electron chi connectivity index (χ3n) is 7.33. The Kier molecular flexibility index (Phi) is 7.97. The lowest BCUT2D eigenvalue weighted by Gasteiger charge is -2.35. The molecule has 204 valence electrons. The number of rotatable bonds is 6. The molecule has 0 bridgehead atoms. The average molecular weight is 533 g/mol. The van der Waals surface area contributed by atoms with Crippen molar-refractivity contribution in [1.29, 1.82) is 5.26 Å². The summed E-state index contributed by atoms with van der Waals surface area (Å²) in [5.41, 5.74) is 1.91. The zero-order chi connectivity index (χ0) is 27.5. The average Bonchev–Trinajstić information content (AvgIpc) is 3.42. The van der Waals surface area contributed by atoms with Gasteiger partial charge >= 0.3 is 0 Å². The Hall–Kier alpha value is -3.72. The highest BCUT2D eigenvalue weighted by Gasteiger charge is 2.37. The van der Waals surface area contributed by atoms with Gasteiger partial charge in [-0.1, -0.05) is 18.2 Å². The first-order valence-electron chi connectivity index (χ1n) is 13.0. The molecule has 5 rings (SSSR count). The number of fused-ring (bicyclic) bond motifs is 1. The first kappa shape index (κ1) is 26.9. The monoisotopic (exact) mass is 532 g/mol. The van der Waals surface area contributed by atoms with E-state index in [2.05, 4.69) is 46.4 Å². The summed E-state index contributed by atoms with van der Waals surface area (Å²) in [6, 6.07) is 17.9. The standard InChI is InChI=1S/C29H32N4O6/c1-32-8-10-33(11-9-32)22-5-4-18-12-20(3-2-19(18)13-22)25-7-6-23(39-25)14-21(15-30)29(37)31-16-26-28(36)27(35)24(34)17-38-26/h2-7,12-14,24,26-28,34-36H,8-11,16-17H2,1H3,(H,31,37)/b21-14+/t24-,26+,27+,28+/m0/s1. The summed E-state index contributed by atoms with van der Waals surface area (Å²) in [7, 11) is 2.14. The molecule has 0 aliphatic carbocycles. The normalized spacial score (nSPS) is 24.5. The summed E-state index contributed by atoms with van der Waals surface area (Å²) in [5.74, 6) is 0.277. The van der Waals surface area contributed by atoms with Crippen LogP contribution in [0.1, 0.15) is 5.76 Å². The number of aliphatic hydroxyl groups excluding tert-OH is 3. The van der Waals surface area contributed by atoms with Crippen molar-refractivity contribution in [3.8, 4) is 17.4 Å². The Labute approximate surface area is 226 Å². The van der Waals surface area contributed by atoms with E-state index in [1.165, 1.54) is 11.8 Å². The fourth-order valence-corrected chi connectivity index (χ4v) is 4.86. The van der Waals surface area contributed by atoms with Crippen molar-refractivity contribution in [1.82, 2.24) is 10.2 Å². The van der Waals surface area contributed by atoms with Crippen LogP contribution in [-0.4, -0.2) is 96.9 Å². The second-order valence-electron chi connectivity index (χ2n) is 10.0. The number of nitriles is 1. The van der Waals surface area contributed by atoms with Gasteiger partial charge in [0, 0.05) is 50.1 Å². The highest BCUT2D eigenvalue weighted by Crippen LogP contribution is 2.29. The molecule has 0 unspecified atom stereocenters. The maximum absolute atomic E-state index is 12.6. The smallest absolute Gasteiger partial charge is 0.262 e. The van der Waals surface area contributed by atoms with E-state index >= 15 is 0 Å². The number of benzene rings is 2. The number of furan rings is 1. The molecule has 4 N–H and O–H groups in total. The van der Waals surface area contributed by atoms with Crippen LogP contribution in [0.2, 0.25) is 0 Å². The number of nitrogens with zero attached hydrogens (tertiary/aromatic N) is 3. The Morgan fingerprint density at radius 3 is 2.56 bits per heavy atom. The van der Waals surface area contributed by atoms with Crippen molar-refractivity contribution >= 4 is 28.4 Å². The molecule has 1 aromatic heterocycles. The first-order chi connectivity index (χ1) is 18.8. The lowest BCUT2D eigenvalue weighted by Crippen LogP contribution is -2.56. The predicted molar refractivity (Wildman–Crippen MR) is 146 cm³/mol. The van der Waals surface area contributed by atoms with Gasteiger partial charge in [-0.25, -0.2) is 0 Å². The Morgan fingerprint density at radius 2 is 1.79 bits per heavy atom. The predicted octanol–water partition coefficient (Wildman–Crippen LogP) is 1.36. The van der Waals surface area contributed by atoms with Crippen LogP contribution in [0.3, 0.4) is 0 Å². The van der Waals surface area contributed by atoms with Gasteiger partial charge in [0.25, 0.3) is 5.91 Å². The number of anilines is 1. The summed E-state index contributed by atoms with van der Waals surface area (Å²) in [5, 5.41) is 43.6. The topological polar surface area (TPSA) is 142 Å². The van der Waals surface area contributed by atoms with Crippen LogP contribution < -0.4 is 10.2 Å². The van der Waals surface area contributed by atoms with Crippen LogP contribution in [-0.2, 0) is 9.53 Å². The number of nitrogens with one attached hydrogen (secondary N) is 1. The highest BCUT2D eigenvalue weighted by molar-refractivity contribution is 6.01. The second kappa shape index (κ2) is 11.6. The molecule has 2 aliphatic heterocycles. The summed E-state index contributed by atoms with van der Waals surface area (Å²) in [6.45, 7) is 3.81. The van der Waals surface area contributed by atoms with Gasteiger partial charge in [-0.05, 0) is 48.2 Å². The van der Waals surface area contributed by atoms with Crippen molar-refractivity contribution in [2.45, 2.75) is 24.4 Å². The number of carbonyl (C=O) groups is 1. The Balaban J connectivity index is 1.25. The SMILES string of the molecule is CN1CCN(c2ccc3cc(-c4ccc(/C=C(\C#N)C(=O)NC[C@H]5OC[C@H](O)[C@@H](O)[C@@H]5O)o4)ccc3c2)CC1. The van der Waals surface area contributed by atoms with Crippen molar-refractivity contribution in [2.24, 2.45) is 0 Å². The molecule has 0 spiro atoms. The molecule has 3 aromatic rings. The van der Waals surface area contributed by atoms with E-state index in [0.717, 1.165) is 42.5 Å². The molecule has 10 nitrogen and oxygen atoms in total. The molecule has 0 radical (unpaired) electrons. The summed E-state index contributed by atoms with van der Waals surface area (Å²) in [6.07, 6.45) is -3.50. The lowest BCUT2D eigenvalue weighted by molar-refractivity contribution is -0.185. The number of amides is 1. The van der Waals surface area contributed by atoms with Crippen LogP contribution in [0.25, 0.3) is 28.2 Å². The zero-order valence-electron chi connectivity index (χ0n) is 21.7. The van der Waals surface area contributed by atoms with E-state index in [0.29, 0.717) is 11.5 Å². The van der Waals surface area contributed by atoms with E-state index in [9.17, 15) is 25.4 Å². The third kappa shape index (κ3) is 5.98. The van der Waals surface area contributed by atoms with Gasteiger partial charge in [0.1, 0.15) is 47.6 Å². The van der Waals surface area contributed by atoms with Crippen molar-refractivity contribution in [2.75, 3.05) is 51.3 Å². The number of ether oxygens (including phenoxy) is 1. The second-order valence-corrected chi connectivity index (χ2v) is 10.0. The number of hydrogen-bond donors (Lipinski definition) is 4. The zero-order valence-corrected chi connectivity index (χ0v) is 21.7. The number of likely N-dealkylation sites (N-methyl/N-ethyl adjacent to an activating group) is 1. The molecule has 10 heteroatoms. The highest BCUT2D eigenvalue weighted by atomic mass is 16.5. The molecule has 39 heavy (non-hydrogen) atoms. The van der Waals surface area contributed by atoms with Crippen molar-refractivity contribution < 1.29 is 29.3 Å². The molecule has 2 saturated heterocycles. The third-order valence-corrected chi connectivity index (χ3v) is 7.33. The molecule has 0 saturated carbocycles. The molecule has 1 amide bonds. The number of hydrogen-bond acceptors (Lipinski definition) is 9. The van der Waals surface area contributed by atoms with Crippen molar-refractivity contribution in [3.05, 3.63) is 59.9 Å². The number of piperazine rings is 1. The first-order valence-corrected chi connectivity index (χ1v) is 13.0. The molecule has 2 aromatic carbocycles. The number of aliphatic hydroxyl groups is 3. The van der Waals surface area contributed by atoms with E-state index in [1.807, 2.05) is 18.2 Å². The molecular weight excluding hydrogens is 500 g/mol. The maximum atomic E-state index is 12.6. The Morgan fingerprint density at radius 1 is 1.05 bits per heavy atom. The fourth-order valence-electron chi connectivity index (χ4n) is 4.86. The minimum Gasteiger partial charge on any atom is -0.457 e. The molecular formula is C29H32N4O6. The van der Waals surface area contributed by atoms with Gasteiger partial charge in [0.2, 0.25) is 0 Å². The van der Waals surface area contributed by atoms with Crippen molar-refractivity contribution in [3.63, 3.8) is 0 Å². The summed E-state index contributed by atoms with van der Waals surface area (Å²) >= 11 is 0. The minimum absolute atomic E-state index is 0.139. The van der Waals surface area contributed by atoms with Crippen LogP contribution in [0, 0.1) is 11.3 Å². The van der Waals surface area contributed by atoms with Gasteiger partial charge in [-0.15, -0.1) is 0 Å². The van der Waals surface area contributed by atoms with E-state index in [4.69, 9.17) is 9.15 Å². The van der Waals surface area contributed by atoms with E-state index in [-0.39, 0.29) is 18.7 Å². The summed E-state index contributed by atoms with van der Waals surface area (Å²) < 4.78 is 11.2. The largest absolute Gasteiger partial charge is 0.457 e. The van der Waals surface area contributed by atoms with Gasteiger partial charge in [0.05, 0.1) is 6.61 Å². The fraction of sp³-hybridized carbons (Fsp3) is 0.379. The molecule has 2 aliphatic rings. The maximum Gasteiger partial charge on any atom is 0.262 e. The lowest BCUT2D eigenvalue weighted by atomic mass is 10.00. The Bertz CT molecular complexity index is 1400. The minimum atomic E-state index is -1.37. The van der Waals surface area contributed by atoms with Gasteiger partial charge in [-0.3, -0.25) is 4.79 Å². The number of carbonyl (C=O) groups excluding carboxylic acids is 1.